The lowest BCUT2D eigenvalue weighted by Crippen LogP contribution is -2.45. The SMILES string of the molecule is CCn1ncc(C(=O)N2CC[C@@H](n3nc(-c4cccs4)ccc3=O)[C@@H](C)C2)c1C. The van der Waals surface area contributed by atoms with E-state index in [1.54, 1.807) is 34.3 Å². The van der Waals surface area contributed by atoms with E-state index in [2.05, 4.69) is 17.1 Å². The van der Waals surface area contributed by atoms with Crippen molar-refractivity contribution in [2.24, 2.45) is 5.92 Å². The van der Waals surface area contributed by atoms with Gasteiger partial charge in [0.2, 0.25) is 0 Å². The molecule has 1 aliphatic heterocycles. The summed E-state index contributed by atoms with van der Waals surface area (Å²) in [6, 6.07) is 7.33. The third kappa shape index (κ3) is 3.64. The van der Waals surface area contributed by atoms with Crippen molar-refractivity contribution in [3.05, 3.63) is 57.5 Å². The van der Waals surface area contributed by atoms with Crippen LogP contribution in [0.2, 0.25) is 0 Å². The number of piperidine rings is 1. The van der Waals surface area contributed by atoms with Crippen LogP contribution in [0.4, 0.5) is 0 Å². The normalized spacial score (nSPS) is 19.5. The molecule has 0 unspecified atom stereocenters. The molecule has 7 nitrogen and oxygen atoms in total. The van der Waals surface area contributed by atoms with E-state index in [1.807, 2.05) is 40.9 Å². The van der Waals surface area contributed by atoms with Crippen LogP contribution in [0.1, 0.15) is 42.4 Å². The van der Waals surface area contributed by atoms with Gasteiger partial charge in [-0.1, -0.05) is 13.0 Å². The van der Waals surface area contributed by atoms with Gasteiger partial charge in [-0.15, -0.1) is 11.3 Å². The van der Waals surface area contributed by atoms with E-state index in [4.69, 9.17) is 0 Å². The molecule has 1 saturated heterocycles. The molecular formula is C21H25N5O2S. The Morgan fingerprint density at radius 1 is 1.31 bits per heavy atom. The molecule has 152 valence electrons. The number of thiophene rings is 1. The zero-order valence-corrected chi connectivity index (χ0v) is 17.7. The molecule has 3 aromatic heterocycles. The number of amides is 1. The van der Waals surface area contributed by atoms with E-state index in [0.717, 1.165) is 22.8 Å². The van der Waals surface area contributed by atoms with Gasteiger partial charge in [-0.2, -0.15) is 10.2 Å². The van der Waals surface area contributed by atoms with Crippen molar-refractivity contribution in [3.63, 3.8) is 0 Å². The Kier molecular flexibility index (Phi) is 5.36. The maximum Gasteiger partial charge on any atom is 0.267 e. The summed E-state index contributed by atoms with van der Waals surface area (Å²) in [4.78, 5) is 28.4. The van der Waals surface area contributed by atoms with E-state index < -0.39 is 0 Å². The molecule has 2 atom stereocenters. The minimum Gasteiger partial charge on any atom is -0.338 e. The number of aryl methyl sites for hydroxylation is 1. The maximum atomic E-state index is 13.0. The second kappa shape index (κ2) is 7.94. The van der Waals surface area contributed by atoms with Crippen molar-refractivity contribution in [3.8, 4) is 10.6 Å². The van der Waals surface area contributed by atoms with Gasteiger partial charge in [-0.05, 0) is 43.7 Å². The summed E-state index contributed by atoms with van der Waals surface area (Å²) < 4.78 is 3.45. The van der Waals surface area contributed by atoms with Gasteiger partial charge in [-0.3, -0.25) is 14.3 Å². The van der Waals surface area contributed by atoms with Crippen molar-refractivity contribution in [2.45, 2.75) is 39.8 Å². The molecule has 0 aromatic carbocycles. The molecule has 0 bridgehead atoms. The highest BCUT2D eigenvalue weighted by molar-refractivity contribution is 7.13. The monoisotopic (exact) mass is 411 g/mol. The van der Waals surface area contributed by atoms with Crippen molar-refractivity contribution in [2.75, 3.05) is 13.1 Å². The van der Waals surface area contributed by atoms with Crippen LogP contribution in [0, 0.1) is 12.8 Å². The van der Waals surface area contributed by atoms with Gasteiger partial charge in [0.15, 0.2) is 0 Å². The highest BCUT2D eigenvalue weighted by Gasteiger charge is 2.32. The topological polar surface area (TPSA) is 73.0 Å². The molecule has 8 heteroatoms. The second-order valence-corrected chi connectivity index (χ2v) is 8.47. The summed E-state index contributed by atoms with van der Waals surface area (Å²) in [6.45, 7) is 7.96. The Balaban J connectivity index is 1.54. The minimum absolute atomic E-state index is 0.0140. The first-order valence-corrected chi connectivity index (χ1v) is 10.8. The van der Waals surface area contributed by atoms with E-state index in [0.29, 0.717) is 25.1 Å². The summed E-state index contributed by atoms with van der Waals surface area (Å²) in [6.07, 6.45) is 2.36. The molecule has 0 aliphatic carbocycles. The predicted molar refractivity (Wildman–Crippen MR) is 113 cm³/mol. The van der Waals surface area contributed by atoms with E-state index in [1.165, 1.54) is 0 Å². The molecule has 0 saturated carbocycles. The van der Waals surface area contributed by atoms with Gasteiger partial charge in [-0.25, -0.2) is 4.68 Å². The first kappa shape index (κ1) is 19.6. The molecule has 0 radical (unpaired) electrons. The van der Waals surface area contributed by atoms with Gasteiger partial charge in [0.1, 0.15) is 5.69 Å². The molecule has 4 rings (SSSR count). The van der Waals surface area contributed by atoms with Crippen molar-refractivity contribution in [1.82, 2.24) is 24.5 Å². The van der Waals surface area contributed by atoms with Crippen LogP contribution in [-0.2, 0) is 6.54 Å². The zero-order valence-electron chi connectivity index (χ0n) is 16.9. The number of hydrogen-bond donors (Lipinski definition) is 0. The smallest absolute Gasteiger partial charge is 0.267 e. The third-order valence-corrected chi connectivity index (χ3v) is 6.59. The lowest BCUT2D eigenvalue weighted by atomic mass is 9.93. The second-order valence-electron chi connectivity index (χ2n) is 7.52. The Morgan fingerprint density at radius 3 is 2.79 bits per heavy atom. The lowest BCUT2D eigenvalue weighted by Gasteiger charge is -2.37. The van der Waals surface area contributed by atoms with E-state index in [-0.39, 0.29) is 23.4 Å². The summed E-state index contributed by atoms with van der Waals surface area (Å²) >= 11 is 1.61. The Morgan fingerprint density at radius 2 is 2.14 bits per heavy atom. The van der Waals surface area contributed by atoms with E-state index in [9.17, 15) is 9.59 Å². The van der Waals surface area contributed by atoms with Crippen LogP contribution >= 0.6 is 11.3 Å². The van der Waals surface area contributed by atoms with Gasteiger partial charge in [0.25, 0.3) is 11.5 Å². The fourth-order valence-corrected chi connectivity index (χ4v) is 4.74. The first-order chi connectivity index (χ1) is 14.0. The molecule has 0 spiro atoms. The molecule has 1 fully saturated rings. The molecule has 4 heterocycles. The van der Waals surface area contributed by atoms with Crippen LogP contribution < -0.4 is 5.56 Å². The number of aromatic nitrogens is 4. The fraction of sp³-hybridized carbons (Fsp3) is 0.429. The molecule has 1 amide bonds. The Labute approximate surface area is 173 Å². The Bertz CT molecular complexity index is 1070. The average Bonchev–Trinajstić information content (AvgIpc) is 3.38. The summed E-state index contributed by atoms with van der Waals surface area (Å²) in [5.74, 6) is 0.137. The number of likely N-dealkylation sites (tertiary alicyclic amines) is 1. The number of carbonyl (C=O) groups excluding carboxylic acids is 1. The van der Waals surface area contributed by atoms with Gasteiger partial charge >= 0.3 is 0 Å². The maximum absolute atomic E-state index is 13.0. The summed E-state index contributed by atoms with van der Waals surface area (Å²) in [7, 11) is 0. The lowest BCUT2D eigenvalue weighted by molar-refractivity contribution is 0.0607. The molecule has 0 N–H and O–H groups in total. The van der Waals surface area contributed by atoms with Gasteiger partial charge < -0.3 is 4.90 Å². The highest BCUT2D eigenvalue weighted by Crippen LogP contribution is 2.29. The van der Waals surface area contributed by atoms with Crippen LogP contribution in [0.5, 0.6) is 0 Å². The summed E-state index contributed by atoms with van der Waals surface area (Å²) in [5.41, 5.74) is 2.27. The Hall–Kier alpha value is -2.74. The molecule has 3 aromatic rings. The van der Waals surface area contributed by atoms with Gasteiger partial charge in [0.05, 0.1) is 22.7 Å². The first-order valence-electron chi connectivity index (χ1n) is 9.95. The number of carbonyl (C=O) groups is 1. The standard InChI is InChI=1S/C21H25N5O2S/c1-4-25-15(3)16(12-22-25)21(28)24-10-9-18(14(2)13-24)26-20(27)8-7-17(23-26)19-6-5-11-29-19/h5-8,11-12,14,18H,4,9-10,13H2,1-3H3/t14-,18+/m0/s1. The number of nitrogens with zero attached hydrogens (tertiary/aromatic N) is 5. The fourth-order valence-electron chi connectivity index (χ4n) is 4.05. The van der Waals surface area contributed by atoms with Crippen LogP contribution in [0.3, 0.4) is 0 Å². The zero-order chi connectivity index (χ0) is 20.5. The molecule has 29 heavy (non-hydrogen) atoms. The minimum atomic E-state index is -0.0954. The van der Waals surface area contributed by atoms with Crippen molar-refractivity contribution < 1.29 is 4.79 Å². The van der Waals surface area contributed by atoms with Gasteiger partial charge in [0, 0.05) is 31.4 Å². The van der Waals surface area contributed by atoms with Crippen LogP contribution in [0.15, 0.2) is 40.6 Å². The van der Waals surface area contributed by atoms with Crippen molar-refractivity contribution >= 4 is 17.2 Å². The number of rotatable bonds is 4. The van der Waals surface area contributed by atoms with Crippen LogP contribution in [-0.4, -0.2) is 43.5 Å². The third-order valence-electron chi connectivity index (χ3n) is 5.69. The quantitative estimate of drug-likeness (QED) is 0.661. The predicted octanol–water partition coefficient (Wildman–Crippen LogP) is 3.22. The average molecular weight is 412 g/mol. The van der Waals surface area contributed by atoms with Crippen molar-refractivity contribution in [1.29, 1.82) is 0 Å². The largest absolute Gasteiger partial charge is 0.338 e. The highest BCUT2D eigenvalue weighted by atomic mass is 32.1. The summed E-state index contributed by atoms with van der Waals surface area (Å²) in [5, 5.41) is 10.9. The van der Waals surface area contributed by atoms with Crippen LogP contribution in [0.25, 0.3) is 10.6 Å². The molecular weight excluding hydrogens is 386 g/mol. The molecule has 1 aliphatic rings. The van der Waals surface area contributed by atoms with E-state index >= 15 is 0 Å². The number of hydrogen-bond acceptors (Lipinski definition) is 5.